The average molecular weight is 204 g/mol. The summed E-state index contributed by atoms with van der Waals surface area (Å²) >= 11 is 7.44. The molecule has 0 radical (unpaired) electrons. The van der Waals surface area contributed by atoms with Gasteiger partial charge in [-0.25, -0.2) is 0 Å². The van der Waals surface area contributed by atoms with Crippen LogP contribution in [0.15, 0.2) is 0 Å². The molecule has 0 unspecified atom stereocenters. The van der Waals surface area contributed by atoms with Crippen molar-refractivity contribution in [1.29, 1.82) is 0 Å². The first kappa shape index (κ1) is 11.6. The number of aliphatic carboxylic acids is 1. The van der Waals surface area contributed by atoms with Crippen molar-refractivity contribution in [2.75, 3.05) is 0 Å². The fourth-order valence-corrected chi connectivity index (χ4v) is 0.469. The van der Waals surface area contributed by atoms with Gasteiger partial charge >= 0.3 is 5.97 Å². The zero-order valence-electron chi connectivity index (χ0n) is 4.24. The van der Waals surface area contributed by atoms with E-state index in [9.17, 15) is 4.79 Å². The molecule has 44 valence electrons. The van der Waals surface area contributed by atoms with Gasteiger partial charge < -0.3 is 5.11 Å². The Labute approximate surface area is 71.6 Å². The van der Waals surface area contributed by atoms with Gasteiger partial charge in [-0.15, -0.1) is 0 Å². The molecule has 2 nitrogen and oxygen atoms in total. The van der Waals surface area contributed by atoms with Crippen molar-refractivity contribution in [3.8, 4) is 0 Å². The zero-order valence-corrected chi connectivity index (χ0v) is 9.00. The zero-order chi connectivity index (χ0) is 5.86. The van der Waals surface area contributed by atoms with E-state index in [1.807, 2.05) is 0 Å². The molecule has 0 aliphatic carbocycles. The summed E-state index contributed by atoms with van der Waals surface area (Å²) in [6, 6.07) is 0. The van der Waals surface area contributed by atoms with Crippen LogP contribution in [0.25, 0.3) is 0 Å². The van der Waals surface area contributed by atoms with Gasteiger partial charge in [-0.3, -0.25) is 4.79 Å². The molecule has 1 N–H and O–H groups in total. The van der Waals surface area contributed by atoms with E-state index >= 15 is 0 Å². The van der Waals surface area contributed by atoms with Crippen molar-refractivity contribution in [3.05, 3.63) is 0 Å². The van der Waals surface area contributed by atoms with Crippen LogP contribution in [0.5, 0.6) is 0 Å². The minimum atomic E-state index is -0.866. The van der Waals surface area contributed by atoms with Crippen LogP contribution >= 0.6 is 25.3 Å². The molecule has 0 aromatic rings. The van der Waals surface area contributed by atoms with Crippen LogP contribution < -0.4 is 0 Å². The average Bonchev–Trinajstić information content (AvgIpc) is 1.27. The first-order valence-corrected chi connectivity index (χ1v) is 2.74. The van der Waals surface area contributed by atoms with E-state index in [2.05, 4.69) is 25.3 Å². The molecule has 0 heterocycles. The van der Waals surface area contributed by atoms with Crippen molar-refractivity contribution in [2.24, 2.45) is 0 Å². The Balaban J connectivity index is 0. The molecule has 0 aliphatic rings. The predicted octanol–water partition coefficient (Wildman–Crippen LogP) is 0.644. The third-order valence-electron chi connectivity index (χ3n) is 0.357. The number of hydrogen-bond acceptors (Lipinski definition) is 3. The van der Waals surface area contributed by atoms with Crippen LogP contribution in [0.1, 0.15) is 6.42 Å². The number of carboxylic acids is 1. The molecule has 8 heavy (non-hydrogen) atoms. The summed E-state index contributed by atoms with van der Waals surface area (Å²) in [5.74, 6) is -0.866. The van der Waals surface area contributed by atoms with Crippen LogP contribution in [0.3, 0.4) is 0 Å². The van der Waals surface area contributed by atoms with E-state index in [4.69, 9.17) is 5.11 Å². The monoisotopic (exact) mass is 202 g/mol. The van der Waals surface area contributed by atoms with E-state index in [0.717, 1.165) is 0 Å². The maximum absolute atomic E-state index is 9.71. The number of rotatable bonds is 2. The minimum absolute atomic E-state index is 0. The van der Waals surface area contributed by atoms with Gasteiger partial charge in [0.1, 0.15) is 0 Å². The van der Waals surface area contributed by atoms with E-state index in [-0.39, 0.29) is 30.5 Å². The van der Waals surface area contributed by atoms with Crippen LogP contribution in [0, 0.1) is 0 Å². The number of carbonyl (C=O) groups is 1. The Kier molecular flexibility index (Phi) is 8.57. The van der Waals surface area contributed by atoms with Crippen LogP contribution in [0.4, 0.5) is 0 Å². The van der Waals surface area contributed by atoms with Crippen molar-refractivity contribution >= 4 is 31.2 Å². The first-order chi connectivity index (χ1) is 3.13. The van der Waals surface area contributed by atoms with Gasteiger partial charge in [-0.1, -0.05) is 0 Å². The minimum Gasteiger partial charge on any atom is -0.481 e. The Morgan fingerprint density at radius 3 is 2.00 bits per heavy atom. The molecular formula is C3H6O2S2Zn. The van der Waals surface area contributed by atoms with Gasteiger partial charge in [-0.2, -0.15) is 25.3 Å². The molecule has 0 aromatic heterocycles. The fourth-order valence-electron chi connectivity index (χ4n) is 0.156. The maximum Gasteiger partial charge on any atom is 0.305 e. The summed E-state index contributed by atoms with van der Waals surface area (Å²) in [6.45, 7) is 0. The summed E-state index contributed by atoms with van der Waals surface area (Å²) in [5, 5.41) is 7.99. The standard InChI is InChI=1S/C3H6O2S2.Zn/c4-2(5)1-3(6)7;/h3,6-7H,1H2,(H,4,5);. The Morgan fingerprint density at radius 2 is 2.00 bits per heavy atom. The second-order valence-corrected chi connectivity index (χ2v) is 2.73. The molecular weight excluding hydrogens is 198 g/mol. The predicted molar refractivity (Wildman–Crippen MR) is 34.0 cm³/mol. The van der Waals surface area contributed by atoms with E-state index in [0.29, 0.717) is 0 Å². The van der Waals surface area contributed by atoms with Gasteiger partial charge in [0.2, 0.25) is 0 Å². The van der Waals surface area contributed by atoms with Crippen molar-refractivity contribution in [1.82, 2.24) is 0 Å². The number of thiol groups is 2. The van der Waals surface area contributed by atoms with Gasteiger partial charge in [0.05, 0.1) is 11.0 Å². The van der Waals surface area contributed by atoms with Crippen LogP contribution in [0.2, 0.25) is 0 Å². The second kappa shape index (κ2) is 5.92. The molecule has 0 atom stereocenters. The van der Waals surface area contributed by atoms with Crippen LogP contribution in [-0.4, -0.2) is 15.7 Å². The third kappa shape index (κ3) is 9.92. The number of hydrogen-bond donors (Lipinski definition) is 3. The van der Waals surface area contributed by atoms with Gasteiger partial charge in [0, 0.05) is 19.5 Å². The molecule has 0 bridgehead atoms. The normalized spacial score (nSPS) is 8.38. The van der Waals surface area contributed by atoms with E-state index < -0.39 is 5.97 Å². The van der Waals surface area contributed by atoms with Crippen molar-refractivity contribution < 1.29 is 29.4 Å². The topological polar surface area (TPSA) is 37.3 Å². The molecule has 0 rings (SSSR count). The van der Waals surface area contributed by atoms with Crippen LogP contribution in [-0.2, 0) is 24.3 Å². The number of carboxylic acid groups (broad SMARTS) is 1. The van der Waals surface area contributed by atoms with Gasteiger partial charge in [-0.05, 0) is 0 Å². The molecule has 5 heteroatoms. The largest absolute Gasteiger partial charge is 0.481 e. The smallest absolute Gasteiger partial charge is 0.305 e. The fraction of sp³-hybridized carbons (Fsp3) is 0.667. The molecule has 0 aromatic carbocycles. The molecule has 0 saturated carbocycles. The maximum atomic E-state index is 9.71. The molecule has 0 fully saturated rings. The van der Waals surface area contributed by atoms with E-state index in [1.54, 1.807) is 0 Å². The summed E-state index contributed by atoms with van der Waals surface area (Å²) < 4.78 is -0.336. The van der Waals surface area contributed by atoms with Gasteiger partial charge in [0.25, 0.3) is 0 Å². The molecule has 0 saturated heterocycles. The summed E-state index contributed by atoms with van der Waals surface area (Å²) in [5.41, 5.74) is 0. The molecule has 0 amide bonds. The Morgan fingerprint density at radius 1 is 1.62 bits per heavy atom. The Hall–Kier alpha value is 0.793. The first-order valence-electron chi connectivity index (χ1n) is 1.71. The molecule has 0 spiro atoms. The summed E-state index contributed by atoms with van der Waals surface area (Å²) in [6.07, 6.45) is 0.00617. The summed E-state index contributed by atoms with van der Waals surface area (Å²) in [4.78, 5) is 9.71. The second-order valence-electron chi connectivity index (χ2n) is 1.08. The van der Waals surface area contributed by atoms with Gasteiger partial charge in [0.15, 0.2) is 0 Å². The summed E-state index contributed by atoms with van der Waals surface area (Å²) in [7, 11) is 0. The SMILES string of the molecule is O=C(O)CC(S)S.[Zn]. The Bertz CT molecular complexity index is 75.7. The third-order valence-corrected chi connectivity index (χ3v) is 0.722. The molecule has 0 aliphatic heterocycles. The van der Waals surface area contributed by atoms with Crippen molar-refractivity contribution in [3.63, 3.8) is 0 Å². The quantitative estimate of drug-likeness (QED) is 0.350. The van der Waals surface area contributed by atoms with Crippen molar-refractivity contribution in [2.45, 2.75) is 11.0 Å². The van der Waals surface area contributed by atoms with E-state index in [1.165, 1.54) is 0 Å².